The molecule has 1 aromatic heterocycles. The predicted molar refractivity (Wildman–Crippen MR) is 87.5 cm³/mol. The maximum absolute atomic E-state index is 11.5. The maximum atomic E-state index is 11.5. The number of nitrogens with zero attached hydrogens (tertiary/aromatic N) is 2. The van der Waals surface area contributed by atoms with Crippen LogP contribution < -0.4 is 5.73 Å². The Morgan fingerprint density at radius 3 is 2.57 bits per heavy atom. The highest BCUT2D eigenvalue weighted by Crippen LogP contribution is 2.32. The van der Waals surface area contributed by atoms with Crippen LogP contribution in [0.4, 0.5) is 5.69 Å². The Morgan fingerprint density at radius 2 is 1.87 bits per heavy atom. The van der Waals surface area contributed by atoms with Crippen LogP contribution in [0.2, 0.25) is 0 Å². The number of nitro groups is 1. The van der Waals surface area contributed by atoms with E-state index in [4.69, 9.17) is 5.73 Å². The van der Waals surface area contributed by atoms with Gasteiger partial charge in [-0.3, -0.25) is 14.9 Å². The molecular formula is C16H11N3O3S. The minimum atomic E-state index is -0.746. The Bertz CT molecular complexity index is 927. The Morgan fingerprint density at radius 1 is 1.13 bits per heavy atom. The van der Waals surface area contributed by atoms with E-state index in [1.807, 2.05) is 42.5 Å². The van der Waals surface area contributed by atoms with Gasteiger partial charge in [0.15, 0.2) is 0 Å². The third-order valence-corrected chi connectivity index (χ3v) is 4.26. The molecule has 0 unspecified atom stereocenters. The van der Waals surface area contributed by atoms with Crippen LogP contribution >= 0.6 is 11.8 Å². The van der Waals surface area contributed by atoms with Crippen LogP contribution in [0.1, 0.15) is 10.4 Å². The van der Waals surface area contributed by atoms with E-state index < -0.39 is 10.8 Å². The van der Waals surface area contributed by atoms with Gasteiger partial charge in [0.25, 0.3) is 11.6 Å². The van der Waals surface area contributed by atoms with Gasteiger partial charge < -0.3 is 5.73 Å². The van der Waals surface area contributed by atoms with Crippen molar-refractivity contribution in [2.75, 3.05) is 0 Å². The molecule has 0 aliphatic carbocycles. The van der Waals surface area contributed by atoms with Gasteiger partial charge in [-0.05, 0) is 22.9 Å². The molecule has 0 fully saturated rings. The lowest BCUT2D eigenvalue weighted by Gasteiger charge is -2.06. The molecule has 6 nitrogen and oxygen atoms in total. The van der Waals surface area contributed by atoms with Crippen molar-refractivity contribution >= 4 is 34.1 Å². The fourth-order valence-corrected chi connectivity index (χ4v) is 3.06. The number of benzene rings is 2. The third kappa shape index (κ3) is 3.14. The van der Waals surface area contributed by atoms with Gasteiger partial charge in [-0.1, -0.05) is 42.1 Å². The van der Waals surface area contributed by atoms with Crippen molar-refractivity contribution in [2.24, 2.45) is 5.73 Å². The average Bonchev–Trinajstić information content (AvgIpc) is 2.54. The molecule has 3 aromatic rings. The standard InChI is InChI=1S/C16H11N3O3S/c17-15(20)14-8-12(19(21)22)9-18-16(14)23-13-6-5-10-3-1-2-4-11(10)7-13/h1-9H,(H2,17,20). The summed E-state index contributed by atoms with van der Waals surface area (Å²) in [6, 6.07) is 14.9. The third-order valence-electron chi connectivity index (χ3n) is 3.25. The van der Waals surface area contributed by atoms with Crippen molar-refractivity contribution in [3.05, 3.63) is 70.4 Å². The highest BCUT2D eigenvalue weighted by Gasteiger charge is 2.17. The highest BCUT2D eigenvalue weighted by atomic mass is 32.2. The highest BCUT2D eigenvalue weighted by molar-refractivity contribution is 7.99. The summed E-state index contributed by atoms with van der Waals surface area (Å²) in [5, 5.41) is 13.3. The average molecular weight is 325 g/mol. The molecular weight excluding hydrogens is 314 g/mol. The summed E-state index contributed by atoms with van der Waals surface area (Å²) in [4.78, 5) is 26.6. The number of amides is 1. The molecule has 23 heavy (non-hydrogen) atoms. The molecule has 1 heterocycles. The van der Waals surface area contributed by atoms with E-state index in [9.17, 15) is 14.9 Å². The van der Waals surface area contributed by atoms with Crippen molar-refractivity contribution < 1.29 is 9.72 Å². The smallest absolute Gasteiger partial charge is 0.288 e. The van der Waals surface area contributed by atoms with Gasteiger partial charge in [0.05, 0.1) is 10.5 Å². The number of nitrogens with two attached hydrogens (primary N) is 1. The summed E-state index contributed by atoms with van der Waals surface area (Å²) < 4.78 is 0. The first-order valence-corrected chi connectivity index (χ1v) is 7.47. The second-order valence-electron chi connectivity index (χ2n) is 4.78. The second kappa shape index (κ2) is 6.05. The molecule has 3 rings (SSSR count). The number of aromatic nitrogens is 1. The Hall–Kier alpha value is -2.93. The van der Waals surface area contributed by atoms with E-state index in [0.717, 1.165) is 27.9 Å². The summed E-state index contributed by atoms with van der Waals surface area (Å²) in [5.41, 5.74) is 5.09. The summed E-state index contributed by atoms with van der Waals surface area (Å²) in [6.07, 6.45) is 1.12. The van der Waals surface area contributed by atoms with Gasteiger partial charge in [0.1, 0.15) is 11.2 Å². The van der Waals surface area contributed by atoms with Gasteiger partial charge in [-0.2, -0.15) is 0 Å². The zero-order valence-corrected chi connectivity index (χ0v) is 12.6. The molecule has 0 saturated carbocycles. The predicted octanol–water partition coefficient (Wildman–Crippen LogP) is 3.39. The summed E-state index contributed by atoms with van der Waals surface area (Å²) in [5.74, 6) is -0.746. The lowest BCUT2D eigenvalue weighted by molar-refractivity contribution is -0.385. The van der Waals surface area contributed by atoms with Crippen LogP contribution in [0.5, 0.6) is 0 Å². The van der Waals surface area contributed by atoms with Crippen molar-refractivity contribution in [1.82, 2.24) is 4.98 Å². The van der Waals surface area contributed by atoms with E-state index in [1.165, 1.54) is 11.8 Å². The fraction of sp³-hybridized carbons (Fsp3) is 0. The topological polar surface area (TPSA) is 99.1 Å². The number of fused-ring (bicyclic) bond motifs is 1. The Balaban J connectivity index is 2.00. The number of carbonyl (C=O) groups excluding carboxylic acids is 1. The SMILES string of the molecule is NC(=O)c1cc([N+](=O)[O-])cnc1Sc1ccc2ccccc2c1. The van der Waals surface area contributed by atoms with Gasteiger partial charge >= 0.3 is 0 Å². The van der Waals surface area contributed by atoms with Gasteiger partial charge in [-0.25, -0.2) is 4.98 Å². The minimum absolute atomic E-state index is 0.0392. The molecule has 114 valence electrons. The first-order chi connectivity index (χ1) is 11.0. The fourth-order valence-electron chi connectivity index (χ4n) is 2.14. The molecule has 0 saturated heterocycles. The number of hydrogen-bond donors (Lipinski definition) is 1. The zero-order valence-electron chi connectivity index (χ0n) is 11.8. The molecule has 0 aliphatic rings. The maximum Gasteiger partial charge on any atom is 0.288 e. The molecule has 0 bridgehead atoms. The second-order valence-corrected chi connectivity index (χ2v) is 5.84. The van der Waals surface area contributed by atoms with Crippen molar-refractivity contribution in [2.45, 2.75) is 9.92 Å². The van der Waals surface area contributed by atoms with Crippen LogP contribution in [0.25, 0.3) is 10.8 Å². The normalized spacial score (nSPS) is 10.6. The monoisotopic (exact) mass is 325 g/mol. The van der Waals surface area contributed by atoms with Crippen LogP contribution in [0, 0.1) is 10.1 Å². The van der Waals surface area contributed by atoms with Crippen LogP contribution in [-0.4, -0.2) is 15.8 Å². The summed E-state index contributed by atoms with van der Waals surface area (Å²) >= 11 is 1.24. The minimum Gasteiger partial charge on any atom is -0.366 e. The van der Waals surface area contributed by atoms with Crippen molar-refractivity contribution in [3.8, 4) is 0 Å². The van der Waals surface area contributed by atoms with Gasteiger partial charge in [0.2, 0.25) is 0 Å². The number of carbonyl (C=O) groups is 1. The summed E-state index contributed by atoms with van der Waals surface area (Å²) in [6.45, 7) is 0. The zero-order chi connectivity index (χ0) is 16.4. The van der Waals surface area contributed by atoms with Crippen LogP contribution in [0.3, 0.4) is 0 Å². The Kier molecular flexibility index (Phi) is 3.94. The Labute approximate surface area is 135 Å². The van der Waals surface area contributed by atoms with E-state index in [1.54, 1.807) is 0 Å². The van der Waals surface area contributed by atoms with Gasteiger partial charge in [-0.15, -0.1) is 0 Å². The molecule has 0 radical (unpaired) electrons. The molecule has 0 atom stereocenters. The van der Waals surface area contributed by atoms with Gasteiger partial charge in [0, 0.05) is 11.0 Å². The van der Waals surface area contributed by atoms with Crippen LogP contribution in [-0.2, 0) is 0 Å². The lowest BCUT2D eigenvalue weighted by Crippen LogP contribution is -2.13. The molecule has 0 aliphatic heterocycles. The molecule has 7 heteroatoms. The number of hydrogen-bond acceptors (Lipinski definition) is 5. The first-order valence-electron chi connectivity index (χ1n) is 6.65. The number of primary amides is 1. The number of rotatable bonds is 4. The number of pyridine rings is 1. The molecule has 2 N–H and O–H groups in total. The van der Waals surface area contributed by atoms with E-state index in [-0.39, 0.29) is 11.3 Å². The quantitative estimate of drug-likeness (QED) is 0.585. The summed E-state index contributed by atoms with van der Waals surface area (Å²) in [7, 11) is 0. The lowest BCUT2D eigenvalue weighted by atomic mass is 10.1. The molecule has 0 spiro atoms. The van der Waals surface area contributed by atoms with E-state index >= 15 is 0 Å². The van der Waals surface area contributed by atoms with E-state index in [2.05, 4.69) is 4.98 Å². The van der Waals surface area contributed by atoms with E-state index in [0.29, 0.717) is 5.03 Å². The van der Waals surface area contributed by atoms with Crippen molar-refractivity contribution in [3.63, 3.8) is 0 Å². The molecule has 1 amide bonds. The van der Waals surface area contributed by atoms with Crippen LogP contribution in [0.15, 0.2) is 64.6 Å². The van der Waals surface area contributed by atoms with Crippen molar-refractivity contribution in [1.29, 1.82) is 0 Å². The largest absolute Gasteiger partial charge is 0.366 e. The molecule has 2 aromatic carbocycles. The first kappa shape index (κ1) is 15.0.